The van der Waals surface area contributed by atoms with E-state index in [4.69, 9.17) is 9.15 Å². The number of amides is 1. The summed E-state index contributed by atoms with van der Waals surface area (Å²) in [5.74, 6) is 1.51. The molecule has 0 spiro atoms. The fourth-order valence-electron chi connectivity index (χ4n) is 5.03. The summed E-state index contributed by atoms with van der Waals surface area (Å²) in [6.45, 7) is 8.45. The summed E-state index contributed by atoms with van der Waals surface area (Å²) in [6.07, 6.45) is 3.75. The summed E-state index contributed by atoms with van der Waals surface area (Å²) in [7, 11) is 0. The van der Waals surface area contributed by atoms with E-state index < -0.39 is 0 Å². The highest BCUT2D eigenvalue weighted by Crippen LogP contribution is 2.29. The molecule has 7 heteroatoms. The van der Waals surface area contributed by atoms with Gasteiger partial charge in [0.25, 0.3) is 0 Å². The van der Waals surface area contributed by atoms with E-state index >= 15 is 0 Å². The Bertz CT molecular complexity index is 1200. The molecule has 178 valence electrons. The minimum absolute atomic E-state index is 0.0356. The average molecular weight is 461 g/mol. The maximum atomic E-state index is 11.7. The number of nitrogens with zero attached hydrogens (tertiary/aromatic N) is 3. The van der Waals surface area contributed by atoms with Crippen LogP contribution in [-0.2, 0) is 4.79 Å². The molecule has 3 heterocycles. The summed E-state index contributed by atoms with van der Waals surface area (Å²) in [4.78, 5) is 18.9. The first-order valence-electron chi connectivity index (χ1n) is 12.3. The van der Waals surface area contributed by atoms with Gasteiger partial charge < -0.3 is 9.15 Å². The zero-order valence-electron chi connectivity index (χ0n) is 20.1. The third-order valence-corrected chi connectivity index (χ3v) is 6.93. The number of benzene rings is 2. The van der Waals surface area contributed by atoms with E-state index in [0.717, 1.165) is 41.1 Å². The van der Waals surface area contributed by atoms with Gasteiger partial charge in [-0.2, -0.15) is 5.10 Å². The number of ether oxygens (including phenoxy) is 1. The summed E-state index contributed by atoms with van der Waals surface area (Å²) < 4.78 is 12.2. The molecule has 1 amide bonds. The molecule has 0 saturated carbocycles. The Morgan fingerprint density at radius 3 is 2.74 bits per heavy atom. The molecule has 1 unspecified atom stereocenters. The predicted molar refractivity (Wildman–Crippen MR) is 133 cm³/mol. The number of carbonyl (C=O) groups excluding carboxylic acids is 1. The minimum Gasteiger partial charge on any atom is -0.492 e. The molecule has 1 aromatic heterocycles. The molecule has 2 aromatic carbocycles. The Labute approximate surface area is 200 Å². The predicted octanol–water partition coefficient (Wildman–Crippen LogP) is 5.00. The summed E-state index contributed by atoms with van der Waals surface area (Å²) in [5, 5.41) is 4.31. The Balaban J connectivity index is 1.30. The molecule has 34 heavy (non-hydrogen) atoms. The molecule has 2 atom stereocenters. The first-order chi connectivity index (χ1) is 16.5. The summed E-state index contributed by atoms with van der Waals surface area (Å²) >= 11 is 0. The second kappa shape index (κ2) is 9.58. The van der Waals surface area contributed by atoms with E-state index in [9.17, 15) is 4.79 Å². The standard InChI is InChI=1S/C27H32N4O3/c1-4-18-15-25(32)29-30-26(18)20-9-12-23-24(14-20)34-27(28-23)19-7-10-22(11-8-19)33-16-21-6-5-13-31(21)17(2)3/h7-12,14,17-18,21H,4-6,13,15-16H2,1-3H3,(H,29,32)/t18?,21-/m0/s1. The van der Waals surface area contributed by atoms with Crippen molar-refractivity contribution in [3.63, 3.8) is 0 Å². The minimum atomic E-state index is -0.0356. The SMILES string of the molecule is CCC1CC(=O)NN=C1c1ccc2nc(-c3ccc(OC[C@@H]4CCCN4C(C)C)cc3)oc2c1. The number of carbonyl (C=O) groups is 1. The zero-order chi connectivity index (χ0) is 23.7. The molecule has 0 aliphatic carbocycles. The van der Waals surface area contributed by atoms with Gasteiger partial charge in [0.15, 0.2) is 5.58 Å². The van der Waals surface area contributed by atoms with Crippen molar-refractivity contribution in [3.8, 4) is 17.2 Å². The average Bonchev–Trinajstić information content (AvgIpc) is 3.49. The van der Waals surface area contributed by atoms with Crippen LogP contribution in [0.1, 0.15) is 52.0 Å². The number of hydrogen-bond acceptors (Lipinski definition) is 6. The second-order valence-electron chi connectivity index (χ2n) is 9.51. The Morgan fingerprint density at radius 2 is 1.97 bits per heavy atom. The van der Waals surface area contributed by atoms with E-state index in [1.807, 2.05) is 42.5 Å². The van der Waals surface area contributed by atoms with Crippen LogP contribution in [0.15, 0.2) is 52.0 Å². The van der Waals surface area contributed by atoms with E-state index in [0.29, 0.717) is 36.6 Å². The van der Waals surface area contributed by atoms with Gasteiger partial charge in [-0.1, -0.05) is 13.0 Å². The highest BCUT2D eigenvalue weighted by atomic mass is 16.5. The maximum absolute atomic E-state index is 11.7. The highest BCUT2D eigenvalue weighted by Gasteiger charge is 2.27. The normalized spacial score (nSPS) is 21.2. The molecular weight excluding hydrogens is 428 g/mol. The van der Waals surface area contributed by atoms with Crippen LogP contribution in [0.3, 0.4) is 0 Å². The lowest BCUT2D eigenvalue weighted by Gasteiger charge is -2.28. The lowest BCUT2D eigenvalue weighted by atomic mass is 9.90. The number of likely N-dealkylation sites (tertiary alicyclic amines) is 1. The Hall–Kier alpha value is -3.19. The molecular formula is C27H32N4O3. The van der Waals surface area contributed by atoms with Crippen molar-refractivity contribution in [1.82, 2.24) is 15.3 Å². The van der Waals surface area contributed by atoms with Gasteiger partial charge in [-0.3, -0.25) is 9.69 Å². The van der Waals surface area contributed by atoms with Gasteiger partial charge in [-0.05, 0) is 76.1 Å². The lowest BCUT2D eigenvalue weighted by Crippen LogP contribution is -2.39. The first-order valence-corrected chi connectivity index (χ1v) is 12.3. The largest absolute Gasteiger partial charge is 0.492 e. The molecule has 0 radical (unpaired) electrons. The molecule has 7 nitrogen and oxygen atoms in total. The number of fused-ring (bicyclic) bond motifs is 1. The molecule has 2 aliphatic heterocycles. The van der Waals surface area contributed by atoms with Crippen molar-refractivity contribution < 1.29 is 13.9 Å². The smallest absolute Gasteiger partial charge is 0.240 e. The van der Waals surface area contributed by atoms with Gasteiger partial charge >= 0.3 is 0 Å². The first kappa shape index (κ1) is 22.6. The highest BCUT2D eigenvalue weighted by molar-refractivity contribution is 6.07. The lowest BCUT2D eigenvalue weighted by molar-refractivity contribution is -0.122. The summed E-state index contributed by atoms with van der Waals surface area (Å²) in [5.41, 5.74) is 6.85. The third kappa shape index (κ3) is 4.57. The van der Waals surface area contributed by atoms with Gasteiger partial charge in [0.2, 0.25) is 11.8 Å². The van der Waals surface area contributed by atoms with E-state index in [2.05, 4.69) is 41.2 Å². The molecule has 1 N–H and O–H groups in total. The van der Waals surface area contributed by atoms with Gasteiger partial charge in [-0.15, -0.1) is 0 Å². The molecule has 1 saturated heterocycles. The van der Waals surface area contributed by atoms with Crippen molar-refractivity contribution in [1.29, 1.82) is 0 Å². The maximum Gasteiger partial charge on any atom is 0.240 e. The number of aromatic nitrogens is 1. The van der Waals surface area contributed by atoms with Crippen LogP contribution in [0.2, 0.25) is 0 Å². The van der Waals surface area contributed by atoms with Crippen LogP contribution >= 0.6 is 0 Å². The van der Waals surface area contributed by atoms with E-state index in [1.54, 1.807) is 0 Å². The zero-order valence-corrected chi connectivity index (χ0v) is 20.1. The topological polar surface area (TPSA) is 80.0 Å². The van der Waals surface area contributed by atoms with Crippen molar-refractivity contribution >= 4 is 22.7 Å². The van der Waals surface area contributed by atoms with Crippen LogP contribution in [0.4, 0.5) is 0 Å². The van der Waals surface area contributed by atoms with Gasteiger partial charge in [0, 0.05) is 35.5 Å². The Morgan fingerprint density at radius 1 is 1.18 bits per heavy atom. The van der Waals surface area contributed by atoms with Gasteiger partial charge in [0.1, 0.15) is 17.9 Å². The summed E-state index contributed by atoms with van der Waals surface area (Å²) in [6, 6.07) is 14.9. The number of nitrogens with one attached hydrogen (secondary N) is 1. The fraction of sp³-hybridized carbons (Fsp3) is 0.444. The van der Waals surface area contributed by atoms with Crippen molar-refractivity contribution in [2.24, 2.45) is 11.0 Å². The van der Waals surface area contributed by atoms with Gasteiger partial charge in [-0.25, -0.2) is 10.4 Å². The fourth-order valence-corrected chi connectivity index (χ4v) is 5.03. The molecule has 5 rings (SSSR count). The van der Waals surface area contributed by atoms with Crippen molar-refractivity contribution in [2.45, 2.75) is 58.5 Å². The van der Waals surface area contributed by atoms with Crippen molar-refractivity contribution in [3.05, 3.63) is 48.0 Å². The number of rotatable bonds is 7. The van der Waals surface area contributed by atoms with E-state index in [1.165, 1.54) is 12.8 Å². The van der Waals surface area contributed by atoms with Gasteiger partial charge in [0.05, 0.1) is 5.71 Å². The van der Waals surface area contributed by atoms with Crippen LogP contribution in [-0.4, -0.2) is 46.7 Å². The number of oxazole rings is 1. The third-order valence-electron chi connectivity index (χ3n) is 6.93. The number of hydrogen-bond donors (Lipinski definition) is 1. The van der Waals surface area contributed by atoms with Crippen LogP contribution < -0.4 is 10.2 Å². The van der Waals surface area contributed by atoms with Crippen LogP contribution in [0.25, 0.3) is 22.6 Å². The molecule has 2 aliphatic rings. The van der Waals surface area contributed by atoms with Crippen molar-refractivity contribution in [2.75, 3.05) is 13.2 Å². The van der Waals surface area contributed by atoms with Crippen LogP contribution in [0, 0.1) is 5.92 Å². The van der Waals surface area contributed by atoms with Crippen LogP contribution in [0.5, 0.6) is 5.75 Å². The number of hydrazone groups is 1. The quantitative estimate of drug-likeness (QED) is 0.537. The monoisotopic (exact) mass is 460 g/mol. The molecule has 1 fully saturated rings. The Kier molecular flexibility index (Phi) is 6.37. The van der Waals surface area contributed by atoms with E-state index in [-0.39, 0.29) is 11.8 Å². The second-order valence-corrected chi connectivity index (χ2v) is 9.51. The molecule has 0 bridgehead atoms. The molecule has 3 aromatic rings.